The van der Waals surface area contributed by atoms with Gasteiger partial charge in [0, 0.05) is 11.9 Å². The van der Waals surface area contributed by atoms with Crippen molar-refractivity contribution in [1.82, 2.24) is 15.0 Å². The molecular formula is C15H27B2F2N3. The zero-order valence-electron chi connectivity index (χ0n) is 14.5. The van der Waals surface area contributed by atoms with Crippen molar-refractivity contribution in [3.8, 4) is 0 Å². The third kappa shape index (κ3) is 2.95. The third-order valence-electron chi connectivity index (χ3n) is 5.56. The van der Waals surface area contributed by atoms with E-state index in [4.69, 9.17) is 0 Å². The van der Waals surface area contributed by atoms with Gasteiger partial charge < -0.3 is 0 Å². The minimum atomic E-state index is -2.90. The summed E-state index contributed by atoms with van der Waals surface area (Å²) < 4.78 is 32.2. The molecule has 2 rings (SSSR count). The number of aromatic nitrogens is 3. The average Bonchev–Trinajstić information content (AvgIpc) is 2.88. The number of fused-ring (bicyclic) bond motifs is 1. The van der Waals surface area contributed by atoms with E-state index in [0.29, 0.717) is 18.5 Å². The van der Waals surface area contributed by atoms with Gasteiger partial charge in [-0.15, -0.1) is 5.10 Å². The first-order valence-electron chi connectivity index (χ1n) is 8.58. The molecule has 1 heterocycles. The quantitative estimate of drug-likeness (QED) is 0.798. The van der Waals surface area contributed by atoms with Crippen LogP contribution in [0, 0.1) is 5.92 Å². The average molecular weight is 309 g/mol. The molecule has 0 amide bonds. The van der Waals surface area contributed by atoms with Gasteiger partial charge in [0.1, 0.15) is 14.6 Å². The number of nitrogens with zero attached hydrogens (tertiary/aromatic N) is 3. The molecule has 0 spiro atoms. The van der Waals surface area contributed by atoms with E-state index in [-0.39, 0.29) is 11.6 Å². The molecule has 0 bridgehead atoms. The van der Waals surface area contributed by atoms with Crippen molar-refractivity contribution in [2.45, 2.75) is 77.3 Å². The van der Waals surface area contributed by atoms with Crippen LogP contribution in [0.15, 0.2) is 0 Å². The predicted octanol–water partition coefficient (Wildman–Crippen LogP) is 3.40. The minimum absolute atomic E-state index is 0.0703. The lowest BCUT2D eigenvalue weighted by Gasteiger charge is -2.39. The van der Waals surface area contributed by atoms with Crippen LogP contribution in [0.3, 0.4) is 0 Å². The molecule has 2 unspecified atom stereocenters. The first-order chi connectivity index (χ1) is 10.3. The molecule has 22 heavy (non-hydrogen) atoms. The maximum Gasteiger partial charge on any atom is 0.295 e. The number of hydrogen-bond donors (Lipinski definition) is 0. The van der Waals surface area contributed by atoms with E-state index >= 15 is 8.78 Å². The van der Waals surface area contributed by atoms with Crippen LogP contribution in [0.25, 0.3) is 0 Å². The monoisotopic (exact) mass is 309 g/mol. The molecule has 3 nitrogen and oxygen atoms in total. The number of alkyl halides is 2. The molecule has 0 saturated heterocycles. The smallest absolute Gasteiger partial charge is 0.254 e. The second kappa shape index (κ2) is 6.32. The van der Waals surface area contributed by atoms with E-state index in [2.05, 4.69) is 10.3 Å². The number of hydrogen-bond acceptors (Lipinski definition) is 2. The van der Waals surface area contributed by atoms with E-state index in [1.807, 2.05) is 34.4 Å². The summed E-state index contributed by atoms with van der Waals surface area (Å²) in [5.74, 6) is -3.46. The highest BCUT2D eigenvalue weighted by atomic mass is 19.3. The lowest BCUT2D eigenvalue weighted by Crippen LogP contribution is -2.38. The number of halogens is 2. The van der Waals surface area contributed by atoms with E-state index in [1.165, 1.54) is 0 Å². The van der Waals surface area contributed by atoms with Crippen molar-refractivity contribution in [1.29, 1.82) is 0 Å². The Morgan fingerprint density at radius 2 is 2.00 bits per heavy atom. The number of rotatable bonds is 4. The first-order valence-corrected chi connectivity index (χ1v) is 8.58. The Kier molecular flexibility index (Phi) is 5.03. The van der Waals surface area contributed by atoms with Gasteiger partial charge in [-0.2, -0.15) is 8.78 Å². The minimum Gasteiger partial charge on any atom is -0.254 e. The van der Waals surface area contributed by atoms with Crippen molar-refractivity contribution < 1.29 is 8.78 Å². The molecule has 2 atom stereocenters. The molecule has 1 aliphatic carbocycles. The molecule has 0 N–H and O–H groups in total. The van der Waals surface area contributed by atoms with Gasteiger partial charge in [-0.05, 0) is 19.3 Å². The lowest BCUT2D eigenvalue weighted by molar-refractivity contribution is -0.0887. The zero-order valence-corrected chi connectivity index (χ0v) is 14.5. The van der Waals surface area contributed by atoms with Crippen LogP contribution in [0.5, 0.6) is 0 Å². The summed E-state index contributed by atoms with van der Waals surface area (Å²) in [4.78, 5) is 0. The summed E-state index contributed by atoms with van der Waals surface area (Å²) in [6.45, 7) is 9.95. The molecule has 0 saturated carbocycles. The normalized spacial score (nSPS) is 23.1. The Morgan fingerprint density at radius 3 is 2.59 bits per heavy atom. The van der Waals surface area contributed by atoms with Gasteiger partial charge >= 0.3 is 0 Å². The van der Waals surface area contributed by atoms with Crippen LogP contribution in [0.1, 0.15) is 57.4 Å². The molecule has 1 aromatic rings. The molecular weight excluding hydrogens is 282 g/mol. The standard InChI is InChI=1S/C15H27B2F2N3/c1-10(16-4)22-11-8-6-7-9-12(14(2,3)17-5)15(18,19)13(11)20-21-22/h10,12,16-17H,6-9H2,1-5H3. The molecule has 122 valence electrons. The van der Waals surface area contributed by atoms with Crippen LogP contribution < -0.4 is 0 Å². The first kappa shape index (κ1) is 17.5. The Balaban J connectivity index is 2.51. The van der Waals surface area contributed by atoms with Crippen LogP contribution >= 0.6 is 0 Å². The molecule has 1 aromatic heterocycles. The zero-order chi connectivity index (χ0) is 16.5. The fourth-order valence-corrected chi connectivity index (χ4v) is 3.45. The van der Waals surface area contributed by atoms with Crippen molar-refractivity contribution in [3.63, 3.8) is 0 Å². The Labute approximate surface area is 133 Å². The SMILES string of the molecule is CBC(C)n1nnc2c1CCCCC(C(C)(C)BC)C2(F)F. The summed E-state index contributed by atoms with van der Waals surface area (Å²) in [5.41, 5.74) is 0.579. The second-order valence-corrected chi connectivity index (χ2v) is 7.35. The van der Waals surface area contributed by atoms with Crippen LogP contribution in [0.2, 0.25) is 19.0 Å². The molecule has 0 aromatic carbocycles. The highest BCUT2D eigenvalue weighted by Crippen LogP contribution is 2.52. The van der Waals surface area contributed by atoms with Crippen molar-refractivity contribution >= 4 is 14.6 Å². The van der Waals surface area contributed by atoms with Gasteiger partial charge in [-0.25, -0.2) is 0 Å². The lowest BCUT2D eigenvalue weighted by atomic mass is 9.48. The summed E-state index contributed by atoms with van der Waals surface area (Å²) in [6.07, 6.45) is 2.99. The summed E-state index contributed by atoms with van der Waals surface area (Å²) >= 11 is 0. The topological polar surface area (TPSA) is 30.7 Å². The van der Waals surface area contributed by atoms with Gasteiger partial charge in [0.15, 0.2) is 5.69 Å². The van der Waals surface area contributed by atoms with Crippen LogP contribution in [-0.4, -0.2) is 29.6 Å². The Hall–Kier alpha value is -0.870. The maximum atomic E-state index is 15.2. The fraction of sp³-hybridized carbons (Fsp3) is 0.867. The molecule has 0 aliphatic heterocycles. The third-order valence-corrected chi connectivity index (χ3v) is 5.56. The molecule has 1 aliphatic rings. The molecule has 0 radical (unpaired) electrons. The second-order valence-electron chi connectivity index (χ2n) is 7.35. The highest BCUT2D eigenvalue weighted by molar-refractivity contribution is 6.38. The van der Waals surface area contributed by atoms with E-state index in [1.54, 1.807) is 4.68 Å². The maximum absolute atomic E-state index is 15.2. The summed E-state index contributed by atoms with van der Waals surface area (Å²) in [6, 6.07) is 0. The summed E-state index contributed by atoms with van der Waals surface area (Å²) in [7, 11) is 1.60. The van der Waals surface area contributed by atoms with Crippen molar-refractivity contribution in [3.05, 3.63) is 11.4 Å². The fourth-order valence-electron chi connectivity index (χ4n) is 3.45. The Bertz CT molecular complexity index is 517. The summed E-state index contributed by atoms with van der Waals surface area (Å²) in [5, 5.41) is 7.61. The van der Waals surface area contributed by atoms with Crippen LogP contribution in [-0.2, 0) is 12.3 Å². The van der Waals surface area contributed by atoms with Crippen molar-refractivity contribution in [2.24, 2.45) is 5.92 Å². The van der Waals surface area contributed by atoms with Gasteiger partial charge in [-0.1, -0.05) is 51.4 Å². The van der Waals surface area contributed by atoms with E-state index in [0.717, 1.165) is 27.4 Å². The highest BCUT2D eigenvalue weighted by Gasteiger charge is 2.52. The Morgan fingerprint density at radius 1 is 1.32 bits per heavy atom. The molecule has 7 heteroatoms. The predicted molar refractivity (Wildman–Crippen MR) is 89.7 cm³/mol. The van der Waals surface area contributed by atoms with E-state index < -0.39 is 17.2 Å². The van der Waals surface area contributed by atoms with Gasteiger partial charge in [-0.3, -0.25) is 4.68 Å². The van der Waals surface area contributed by atoms with Gasteiger partial charge in [0.05, 0.1) is 5.69 Å². The van der Waals surface area contributed by atoms with Crippen LogP contribution in [0.4, 0.5) is 8.78 Å². The van der Waals surface area contributed by atoms with Crippen molar-refractivity contribution in [2.75, 3.05) is 0 Å². The largest absolute Gasteiger partial charge is 0.295 e. The van der Waals surface area contributed by atoms with Gasteiger partial charge in [0.25, 0.3) is 5.92 Å². The van der Waals surface area contributed by atoms with E-state index in [9.17, 15) is 0 Å². The molecule has 0 fully saturated rings. The van der Waals surface area contributed by atoms with Gasteiger partial charge in [0.2, 0.25) is 0 Å².